The summed E-state index contributed by atoms with van der Waals surface area (Å²) in [5, 5.41) is 6.46. The average Bonchev–Trinajstić information content (AvgIpc) is 3.10. The molecule has 0 fully saturated rings. The van der Waals surface area contributed by atoms with Gasteiger partial charge in [-0.2, -0.15) is 0 Å². The van der Waals surface area contributed by atoms with Crippen LogP contribution in [0.25, 0.3) is 16.9 Å². The number of fused-ring (bicyclic) bond motifs is 2. The van der Waals surface area contributed by atoms with Crippen molar-refractivity contribution < 1.29 is 4.39 Å². The van der Waals surface area contributed by atoms with E-state index in [4.69, 9.17) is 0 Å². The van der Waals surface area contributed by atoms with Gasteiger partial charge in [0.05, 0.1) is 11.9 Å². The number of pyridine rings is 2. The summed E-state index contributed by atoms with van der Waals surface area (Å²) in [6.45, 7) is 7.98. The smallest absolute Gasteiger partial charge is 0.229 e. The van der Waals surface area contributed by atoms with E-state index in [0.717, 1.165) is 42.2 Å². The fourth-order valence-corrected chi connectivity index (χ4v) is 4.17. The number of halogens is 1. The van der Waals surface area contributed by atoms with E-state index in [1.54, 1.807) is 0 Å². The van der Waals surface area contributed by atoms with E-state index < -0.39 is 5.82 Å². The van der Waals surface area contributed by atoms with Crippen LogP contribution in [-0.4, -0.2) is 30.9 Å². The first-order valence-electron chi connectivity index (χ1n) is 10.5. The molecule has 1 aliphatic heterocycles. The van der Waals surface area contributed by atoms with E-state index in [1.165, 1.54) is 11.8 Å². The number of hydrogen-bond acceptors (Lipinski definition) is 6. The third-order valence-electron chi connectivity index (χ3n) is 5.57. The Balaban J connectivity index is 1.51. The molecule has 5 heterocycles. The maximum atomic E-state index is 14.7. The summed E-state index contributed by atoms with van der Waals surface area (Å²) in [6.07, 6.45) is 3.96. The predicted molar refractivity (Wildman–Crippen MR) is 118 cm³/mol. The van der Waals surface area contributed by atoms with Crippen molar-refractivity contribution in [3.05, 3.63) is 65.1 Å². The second kappa shape index (κ2) is 7.70. The van der Waals surface area contributed by atoms with Gasteiger partial charge in [0.15, 0.2) is 5.82 Å². The van der Waals surface area contributed by atoms with Crippen LogP contribution in [0.1, 0.15) is 42.4 Å². The first-order chi connectivity index (χ1) is 15.0. The molecular formula is C23H24FN7. The van der Waals surface area contributed by atoms with Gasteiger partial charge in [-0.15, -0.1) is 0 Å². The van der Waals surface area contributed by atoms with Crippen LogP contribution in [0.2, 0.25) is 0 Å². The molecule has 4 aromatic heterocycles. The molecule has 4 aromatic rings. The highest BCUT2D eigenvalue weighted by Crippen LogP contribution is 2.27. The Hall–Kier alpha value is -3.39. The van der Waals surface area contributed by atoms with Crippen LogP contribution >= 0.6 is 0 Å². The topological polar surface area (TPSA) is 80.0 Å². The molecule has 0 bridgehead atoms. The quantitative estimate of drug-likeness (QED) is 0.519. The van der Waals surface area contributed by atoms with Crippen LogP contribution < -0.4 is 10.6 Å². The van der Waals surface area contributed by atoms with Crippen LogP contribution in [0.5, 0.6) is 0 Å². The van der Waals surface area contributed by atoms with Gasteiger partial charge >= 0.3 is 0 Å². The largest absolute Gasteiger partial charge is 0.312 e. The van der Waals surface area contributed by atoms with Crippen molar-refractivity contribution in [2.24, 2.45) is 0 Å². The SMILES string of the molecule is Cc1nc2ccc(-c3nc(Nc4ccc5c(n4)CCNC5)ncc3F)cn2c1C(C)C. The number of imidazole rings is 1. The average molecular weight is 417 g/mol. The van der Waals surface area contributed by atoms with Crippen molar-refractivity contribution in [3.63, 3.8) is 0 Å². The van der Waals surface area contributed by atoms with Gasteiger partial charge in [-0.05, 0) is 36.6 Å². The van der Waals surface area contributed by atoms with Crippen molar-refractivity contribution in [3.8, 4) is 11.3 Å². The van der Waals surface area contributed by atoms with E-state index in [9.17, 15) is 4.39 Å². The Bertz CT molecular complexity index is 1280. The second-order valence-electron chi connectivity index (χ2n) is 8.13. The second-order valence-corrected chi connectivity index (χ2v) is 8.13. The van der Waals surface area contributed by atoms with Crippen LogP contribution in [0, 0.1) is 12.7 Å². The van der Waals surface area contributed by atoms with Crippen molar-refractivity contribution in [1.82, 2.24) is 29.7 Å². The maximum Gasteiger partial charge on any atom is 0.229 e. The Morgan fingerprint density at radius 1 is 1.13 bits per heavy atom. The summed E-state index contributed by atoms with van der Waals surface area (Å²) in [4.78, 5) is 17.9. The lowest BCUT2D eigenvalue weighted by Gasteiger charge is -2.17. The van der Waals surface area contributed by atoms with Gasteiger partial charge in [0, 0.05) is 42.7 Å². The molecule has 0 saturated heterocycles. The lowest BCUT2D eigenvalue weighted by molar-refractivity contribution is 0.618. The molecule has 0 unspecified atom stereocenters. The lowest BCUT2D eigenvalue weighted by atomic mass is 10.1. The van der Waals surface area contributed by atoms with E-state index in [0.29, 0.717) is 23.2 Å². The van der Waals surface area contributed by atoms with E-state index >= 15 is 0 Å². The molecule has 5 rings (SSSR count). The molecule has 0 radical (unpaired) electrons. The normalized spacial score (nSPS) is 13.6. The maximum absolute atomic E-state index is 14.7. The van der Waals surface area contributed by atoms with Gasteiger partial charge in [-0.3, -0.25) is 0 Å². The number of aryl methyl sites for hydroxylation is 1. The number of rotatable bonds is 4. The summed E-state index contributed by atoms with van der Waals surface area (Å²) >= 11 is 0. The highest BCUT2D eigenvalue weighted by Gasteiger charge is 2.16. The first kappa shape index (κ1) is 19.6. The standard InChI is InChI=1S/C23H24FN7/c1-13(2)22-14(3)27-20-7-5-16(12-31(20)22)21-17(24)11-26-23(30-21)29-19-6-4-15-10-25-9-8-18(15)28-19/h4-7,11-13,25H,8-10H2,1-3H3,(H,26,28,29,30). The summed E-state index contributed by atoms with van der Waals surface area (Å²) in [7, 11) is 0. The minimum atomic E-state index is -0.475. The van der Waals surface area contributed by atoms with Crippen LogP contribution in [0.3, 0.4) is 0 Å². The number of hydrogen-bond donors (Lipinski definition) is 2. The fraction of sp³-hybridized carbons (Fsp3) is 0.304. The summed E-state index contributed by atoms with van der Waals surface area (Å²) in [6, 6.07) is 7.67. The molecular weight excluding hydrogens is 393 g/mol. The third-order valence-corrected chi connectivity index (χ3v) is 5.57. The zero-order valence-electron chi connectivity index (χ0n) is 17.8. The molecule has 0 atom stereocenters. The van der Waals surface area contributed by atoms with E-state index in [-0.39, 0.29) is 5.69 Å². The first-order valence-corrected chi connectivity index (χ1v) is 10.5. The van der Waals surface area contributed by atoms with Crippen molar-refractivity contribution in [2.45, 2.75) is 39.7 Å². The van der Waals surface area contributed by atoms with Crippen molar-refractivity contribution in [1.29, 1.82) is 0 Å². The van der Waals surface area contributed by atoms with Crippen LogP contribution in [-0.2, 0) is 13.0 Å². The predicted octanol–water partition coefficient (Wildman–Crippen LogP) is 4.15. The van der Waals surface area contributed by atoms with Gasteiger partial charge in [0.1, 0.15) is 17.2 Å². The monoisotopic (exact) mass is 417 g/mol. The van der Waals surface area contributed by atoms with Crippen LogP contribution in [0.15, 0.2) is 36.7 Å². The van der Waals surface area contributed by atoms with Gasteiger partial charge in [0.25, 0.3) is 0 Å². The molecule has 0 aromatic carbocycles. The molecule has 31 heavy (non-hydrogen) atoms. The molecule has 1 aliphatic rings. The highest BCUT2D eigenvalue weighted by atomic mass is 19.1. The van der Waals surface area contributed by atoms with Crippen molar-refractivity contribution >= 4 is 17.4 Å². The van der Waals surface area contributed by atoms with Crippen molar-refractivity contribution in [2.75, 3.05) is 11.9 Å². The zero-order chi connectivity index (χ0) is 21.5. The minimum absolute atomic E-state index is 0.239. The van der Waals surface area contributed by atoms with Gasteiger partial charge < -0.3 is 15.0 Å². The number of aromatic nitrogens is 5. The minimum Gasteiger partial charge on any atom is -0.312 e. The van der Waals surface area contributed by atoms with Crippen LogP contribution in [0.4, 0.5) is 16.2 Å². The summed E-state index contributed by atoms with van der Waals surface area (Å²) in [5.41, 5.74) is 6.09. The molecule has 0 spiro atoms. The molecule has 158 valence electrons. The fourth-order valence-electron chi connectivity index (χ4n) is 4.17. The van der Waals surface area contributed by atoms with E-state index in [2.05, 4.69) is 44.4 Å². The Labute approximate surface area is 179 Å². The molecule has 0 aliphatic carbocycles. The van der Waals surface area contributed by atoms with E-state index in [1.807, 2.05) is 41.8 Å². The molecule has 0 saturated carbocycles. The molecule has 0 amide bonds. The Morgan fingerprint density at radius 2 is 2.00 bits per heavy atom. The molecule has 7 nitrogen and oxygen atoms in total. The number of anilines is 2. The number of nitrogens with one attached hydrogen (secondary N) is 2. The number of nitrogens with zero attached hydrogens (tertiary/aromatic N) is 5. The molecule has 2 N–H and O–H groups in total. The lowest BCUT2D eigenvalue weighted by Crippen LogP contribution is -2.24. The van der Waals surface area contributed by atoms with Gasteiger partial charge in [-0.25, -0.2) is 24.3 Å². The highest BCUT2D eigenvalue weighted by molar-refractivity contribution is 5.64. The Morgan fingerprint density at radius 3 is 2.84 bits per heavy atom. The zero-order valence-corrected chi connectivity index (χ0v) is 17.8. The third kappa shape index (κ3) is 3.63. The summed E-state index contributed by atoms with van der Waals surface area (Å²) in [5.74, 6) is 0.782. The molecule has 8 heteroatoms. The van der Waals surface area contributed by atoms with Gasteiger partial charge in [-0.1, -0.05) is 19.9 Å². The summed E-state index contributed by atoms with van der Waals surface area (Å²) < 4.78 is 16.7. The Kier molecular flexibility index (Phi) is 4.86. The van der Waals surface area contributed by atoms with Gasteiger partial charge in [0.2, 0.25) is 5.95 Å².